The molecule has 18 heavy (non-hydrogen) atoms. The summed E-state index contributed by atoms with van der Waals surface area (Å²) < 4.78 is 1.14. The van der Waals surface area contributed by atoms with Crippen molar-refractivity contribution in [2.24, 2.45) is 5.92 Å². The molecule has 1 fully saturated rings. The number of piperidine rings is 1. The van der Waals surface area contributed by atoms with Gasteiger partial charge in [0.1, 0.15) is 0 Å². The van der Waals surface area contributed by atoms with Crippen LogP contribution in [0.3, 0.4) is 0 Å². The molecular formula is C15H23BrN2. The summed E-state index contributed by atoms with van der Waals surface area (Å²) in [5, 5.41) is 3.78. The lowest BCUT2D eigenvalue weighted by molar-refractivity contribution is 0.168. The summed E-state index contributed by atoms with van der Waals surface area (Å²) in [5.41, 5.74) is 1.37. The van der Waals surface area contributed by atoms with Gasteiger partial charge in [0, 0.05) is 23.1 Å². The van der Waals surface area contributed by atoms with Crippen LogP contribution in [-0.4, -0.2) is 31.1 Å². The van der Waals surface area contributed by atoms with Gasteiger partial charge >= 0.3 is 0 Å². The van der Waals surface area contributed by atoms with Crippen LogP contribution >= 0.6 is 15.9 Å². The fourth-order valence-electron chi connectivity index (χ4n) is 2.77. The highest BCUT2D eigenvalue weighted by atomic mass is 79.9. The van der Waals surface area contributed by atoms with Crippen LogP contribution in [-0.2, 0) is 0 Å². The fraction of sp³-hybridized carbons (Fsp3) is 0.600. The Hall–Kier alpha value is -0.380. The van der Waals surface area contributed by atoms with Crippen LogP contribution in [0, 0.1) is 5.92 Å². The van der Waals surface area contributed by atoms with Crippen LogP contribution in [0.15, 0.2) is 28.7 Å². The Morgan fingerprint density at radius 1 is 1.33 bits per heavy atom. The molecule has 3 unspecified atom stereocenters. The molecule has 1 aliphatic heterocycles. The highest BCUT2D eigenvalue weighted by molar-refractivity contribution is 9.10. The second-order valence-electron chi connectivity index (χ2n) is 5.57. The third kappa shape index (κ3) is 3.56. The molecule has 0 amide bonds. The lowest BCUT2D eigenvalue weighted by Gasteiger charge is -2.37. The van der Waals surface area contributed by atoms with Crippen molar-refractivity contribution < 1.29 is 0 Å². The van der Waals surface area contributed by atoms with Gasteiger partial charge in [-0.2, -0.15) is 0 Å². The van der Waals surface area contributed by atoms with Crippen molar-refractivity contribution in [3.63, 3.8) is 0 Å². The standard InChI is InChI=1S/C15H23BrN2/c1-11-10-18(3)9-8-15(11)17-12(2)13-4-6-14(16)7-5-13/h4-7,11-12,15,17H,8-10H2,1-3H3. The SMILES string of the molecule is CC(NC1CCN(C)CC1C)c1ccc(Br)cc1. The second-order valence-corrected chi connectivity index (χ2v) is 6.49. The minimum atomic E-state index is 0.425. The molecule has 1 aromatic carbocycles. The Bertz CT molecular complexity index is 377. The van der Waals surface area contributed by atoms with Crippen LogP contribution < -0.4 is 5.32 Å². The molecule has 0 bridgehead atoms. The molecule has 1 aliphatic rings. The number of rotatable bonds is 3. The van der Waals surface area contributed by atoms with E-state index in [0.29, 0.717) is 12.1 Å². The molecule has 3 atom stereocenters. The summed E-state index contributed by atoms with van der Waals surface area (Å²) in [7, 11) is 2.21. The highest BCUT2D eigenvalue weighted by Gasteiger charge is 2.25. The summed E-state index contributed by atoms with van der Waals surface area (Å²) in [6.45, 7) is 7.01. The topological polar surface area (TPSA) is 15.3 Å². The minimum absolute atomic E-state index is 0.425. The predicted molar refractivity (Wildman–Crippen MR) is 80.8 cm³/mol. The average molecular weight is 311 g/mol. The molecule has 3 heteroatoms. The van der Waals surface area contributed by atoms with Gasteiger partial charge in [0.05, 0.1) is 0 Å². The number of likely N-dealkylation sites (tertiary alicyclic amines) is 1. The van der Waals surface area contributed by atoms with Gasteiger partial charge in [0.25, 0.3) is 0 Å². The molecule has 1 aromatic rings. The molecular weight excluding hydrogens is 288 g/mol. The zero-order valence-corrected chi connectivity index (χ0v) is 13.1. The second kappa shape index (κ2) is 6.18. The summed E-state index contributed by atoms with van der Waals surface area (Å²) >= 11 is 3.48. The number of benzene rings is 1. The molecule has 0 radical (unpaired) electrons. The van der Waals surface area contributed by atoms with Gasteiger partial charge in [-0.25, -0.2) is 0 Å². The van der Waals surface area contributed by atoms with E-state index in [1.165, 1.54) is 25.1 Å². The molecule has 1 saturated heterocycles. The highest BCUT2D eigenvalue weighted by Crippen LogP contribution is 2.21. The fourth-order valence-corrected chi connectivity index (χ4v) is 3.03. The Morgan fingerprint density at radius 3 is 2.61 bits per heavy atom. The van der Waals surface area contributed by atoms with Crippen molar-refractivity contribution in [3.05, 3.63) is 34.3 Å². The molecule has 100 valence electrons. The first-order valence-electron chi connectivity index (χ1n) is 6.76. The molecule has 2 nitrogen and oxygen atoms in total. The zero-order chi connectivity index (χ0) is 13.1. The monoisotopic (exact) mass is 310 g/mol. The molecule has 1 heterocycles. The van der Waals surface area contributed by atoms with Gasteiger partial charge in [-0.15, -0.1) is 0 Å². The first-order chi connectivity index (χ1) is 8.56. The lowest BCUT2D eigenvalue weighted by atomic mass is 9.93. The number of nitrogens with one attached hydrogen (secondary N) is 1. The smallest absolute Gasteiger partial charge is 0.0294 e. The lowest BCUT2D eigenvalue weighted by Crippen LogP contribution is -2.47. The van der Waals surface area contributed by atoms with E-state index in [1.807, 2.05) is 0 Å². The summed E-state index contributed by atoms with van der Waals surface area (Å²) in [6.07, 6.45) is 1.25. The average Bonchev–Trinajstić information content (AvgIpc) is 2.33. The normalized spacial score (nSPS) is 27.1. The molecule has 2 rings (SSSR count). The van der Waals surface area contributed by atoms with Gasteiger partial charge in [-0.05, 0) is 50.6 Å². The van der Waals surface area contributed by atoms with Crippen LogP contribution in [0.2, 0.25) is 0 Å². The maximum Gasteiger partial charge on any atom is 0.0294 e. The van der Waals surface area contributed by atoms with E-state index in [2.05, 4.69) is 71.3 Å². The van der Waals surface area contributed by atoms with E-state index in [1.54, 1.807) is 0 Å². The van der Waals surface area contributed by atoms with Gasteiger partial charge in [0.2, 0.25) is 0 Å². The third-order valence-corrected chi connectivity index (χ3v) is 4.47. The van der Waals surface area contributed by atoms with E-state index in [9.17, 15) is 0 Å². The van der Waals surface area contributed by atoms with Gasteiger partial charge < -0.3 is 10.2 Å². The Morgan fingerprint density at radius 2 is 2.00 bits per heavy atom. The van der Waals surface area contributed by atoms with E-state index >= 15 is 0 Å². The Balaban J connectivity index is 1.94. The van der Waals surface area contributed by atoms with Crippen molar-refractivity contribution in [1.82, 2.24) is 10.2 Å². The quantitative estimate of drug-likeness (QED) is 0.920. The molecule has 0 aliphatic carbocycles. The third-order valence-electron chi connectivity index (χ3n) is 3.94. The minimum Gasteiger partial charge on any atom is -0.307 e. The van der Waals surface area contributed by atoms with E-state index in [0.717, 1.165) is 10.4 Å². The largest absolute Gasteiger partial charge is 0.307 e. The van der Waals surface area contributed by atoms with Crippen LogP contribution in [0.4, 0.5) is 0 Å². The van der Waals surface area contributed by atoms with Crippen LogP contribution in [0.25, 0.3) is 0 Å². The molecule has 1 N–H and O–H groups in total. The predicted octanol–water partition coefficient (Wildman–Crippen LogP) is 3.44. The molecule has 0 spiro atoms. The van der Waals surface area contributed by atoms with Crippen molar-refractivity contribution >= 4 is 15.9 Å². The Kier molecular flexibility index (Phi) is 4.82. The first-order valence-corrected chi connectivity index (χ1v) is 7.55. The van der Waals surface area contributed by atoms with Gasteiger partial charge in [-0.3, -0.25) is 0 Å². The number of halogens is 1. The van der Waals surface area contributed by atoms with Crippen molar-refractivity contribution in [1.29, 1.82) is 0 Å². The molecule has 0 aromatic heterocycles. The van der Waals surface area contributed by atoms with E-state index in [4.69, 9.17) is 0 Å². The van der Waals surface area contributed by atoms with Gasteiger partial charge in [-0.1, -0.05) is 35.0 Å². The van der Waals surface area contributed by atoms with Gasteiger partial charge in [0.15, 0.2) is 0 Å². The van der Waals surface area contributed by atoms with Crippen LogP contribution in [0.5, 0.6) is 0 Å². The Labute approximate surface area is 119 Å². The van der Waals surface area contributed by atoms with E-state index < -0.39 is 0 Å². The van der Waals surface area contributed by atoms with Crippen molar-refractivity contribution in [2.75, 3.05) is 20.1 Å². The number of hydrogen-bond donors (Lipinski definition) is 1. The summed E-state index contributed by atoms with van der Waals surface area (Å²) in [5.74, 6) is 0.724. The molecule has 0 saturated carbocycles. The number of hydrogen-bond acceptors (Lipinski definition) is 2. The maximum atomic E-state index is 3.78. The van der Waals surface area contributed by atoms with Crippen molar-refractivity contribution in [2.45, 2.75) is 32.4 Å². The maximum absolute atomic E-state index is 3.78. The first kappa shape index (κ1) is 14.0. The van der Waals surface area contributed by atoms with Crippen LogP contribution in [0.1, 0.15) is 31.9 Å². The summed E-state index contributed by atoms with van der Waals surface area (Å²) in [4.78, 5) is 2.42. The summed E-state index contributed by atoms with van der Waals surface area (Å²) in [6, 6.07) is 9.69. The van der Waals surface area contributed by atoms with E-state index in [-0.39, 0.29) is 0 Å². The zero-order valence-electron chi connectivity index (χ0n) is 11.5. The number of nitrogens with zero attached hydrogens (tertiary/aromatic N) is 1. The van der Waals surface area contributed by atoms with Crippen molar-refractivity contribution in [3.8, 4) is 0 Å².